The second-order valence-electron chi connectivity index (χ2n) is 6.33. The van der Waals surface area contributed by atoms with Crippen LogP contribution in [0, 0.1) is 12.3 Å². The van der Waals surface area contributed by atoms with Crippen molar-refractivity contribution in [1.29, 1.82) is 0 Å². The topological polar surface area (TPSA) is 56.5 Å². The Morgan fingerprint density at radius 3 is 2.76 bits per heavy atom. The number of aromatic nitrogens is 2. The molecule has 0 saturated heterocycles. The van der Waals surface area contributed by atoms with Gasteiger partial charge in [-0.25, -0.2) is 4.98 Å². The molecule has 7 heteroatoms. The zero-order chi connectivity index (χ0) is 20.8. The van der Waals surface area contributed by atoms with Crippen LogP contribution < -0.4 is 10.3 Å². The molecule has 0 radical (unpaired) electrons. The van der Waals surface area contributed by atoms with Gasteiger partial charge in [0, 0.05) is 20.9 Å². The van der Waals surface area contributed by atoms with Crippen LogP contribution in [0.1, 0.15) is 31.2 Å². The molecular weight excluding hydrogens is 498 g/mol. The van der Waals surface area contributed by atoms with Crippen LogP contribution in [0.4, 0.5) is 0 Å². The molecule has 3 rings (SSSR count). The summed E-state index contributed by atoms with van der Waals surface area (Å²) in [5.74, 6) is 3.67. The lowest BCUT2D eigenvalue weighted by Crippen LogP contribution is -2.22. The molecule has 29 heavy (non-hydrogen) atoms. The van der Waals surface area contributed by atoms with Crippen molar-refractivity contribution < 1.29 is 4.74 Å². The minimum Gasteiger partial charge on any atom is -0.480 e. The van der Waals surface area contributed by atoms with Gasteiger partial charge in [-0.05, 0) is 42.8 Å². The monoisotopic (exact) mass is 515 g/mol. The van der Waals surface area contributed by atoms with Crippen LogP contribution in [-0.4, -0.2) is 22.5 Å². The predicted molar refractivity (Wildman–Crippen MR) is 124 cm³/mol. The molecule has 0 spiro atoms. The first-order valence-corrected chi connectivity index (χ1v) is 10.7. The summed E-state index contributed by atoms with van der Waals surface area (Å²) < 4.78 is 8.64. The second kappa shape index (κ2) is 9.86. The molecule has 0 atom stereocenters. The first kappa shape index (κ1) is 21.3. The molecule has 0 saturated carbocycles. The van der Waals surface area contributed by atoms with Crippen LogP contribution in [0.3, 0.4) is 0 Å². The minimum atomic E-state index is -0.209. The predicted octanol–water partition coefficient (Wildman–Crippen LogP) is 5.16. The highest BCUT2D eigenvalue weighted by molar-refractivity contribution is 9.10. The van der Waals surface area contributed by atoms with Crippen molar-refractivity contribution in [3.8, 4) is 18.1 Å². The zero-order valence-electron chi connectivity index (χ0n) is 15.9. The normalized spacial score (nSPS) is 11.1. The van der Waals surface area contributed by atoms with E-state index >= 15 is 0 Å². The molecule has 0 aliphatic heterocycles. The van der Waals surface area contributed by atoms with Crippen LogP contribution >= 0.6 is 31.9 Å². The number of aryl methyl sites for hydroxylation is 1. The quantitative estimate of drug-likeness (QED) is 0.322. The minimum absolute atomic E-state index is 0.149. The van der Waals surface area contributed by atoms with Gasteiger partial charge in [-0.2, -0.15) is 9.78 Å². The summed E-state index contributed by atoms with van der Waals surface area (Å²) in [4.78, 5) is 17.8. The zero-order valence-corrected chi connectivity index (χ0v) is 19.0. The summed E-state index contributed by atoms with van der Waals surface area (Å²) in [6, 6.07) is 11.0. The number of terminal acetylenes is 1. The molecule has 0 amide bonds. The van der Waals surface area contributed by atoms with Crippen molar-refractivity contribution in [2.24, 2.45) is 5.10 Å². The summed E-state index contributed by atoms with van der Waals surface area (Å²) in [5, 5.41) is 4.98. The molecule has 5 nitrogen and oxygen atoms in total. The highest BCUT2D eigenvalue weighted by Crippen LogP contribution is 2.22. The maximum atomic E-state index is 13.1. The van der Waals surface area contributed by atoms with E-state index in [1.807, 2.05) is 24.3 Å². The lowest BCUT2D eigenvalue weighted by atomic mass is 10.2. The first-order chi connectivity index (χ1) is 14.0. The van der Waals surface area contributed by atoms with Gasteiger partial charge >= 0.3 is 0 Å². The fraction of sp³-hybridized carbons (Fsp3) is 0.227. The third-order valence-corrected chi connectivity index (χ3v) is 5.21. The number of ether oxygens (including phenoxy) is 1. The number of rotatable bonds is 7. The maximum absolute atomic E-state index is 13.1. The van der Waals surface area contributed by atoms with Gasteiger partial charge in [0.25, 0.3) is 5.56 Å². The van der Waals surface area contributed by atoms with Gasteiger partial charge in [-0.1, -0.05) is 51.1 Å². The summed E-state index contributed by atoms with van der Waals surface area (Å²) in [6.07, 6.45) is 9.46. The van der Waals surface area contributed by atoms with Crippen molar-refractivity contribution in [3.63, 3.8) is 0 Å². The average molecular weight is 517 g/mol. The summed E-state index contributed by atoms with van der Waals surface area (Å²) in [5.41, 5.74) is 1.16. The summed E-state index contributed by atoms with van der Waals surface area (Å²) in [6.45, 7) is 2.25. The number of fused-ring (bicyclic) bond motifs is 1. The summed E-state index contributed by atoms with van der Waals surface area (Å²) >= 11 is 6.87. The molecular formula is C22H19Br2N3O2. The number of unbranched alkanes of at least 4 members (excludes halogenated alkanes) is 1. The number of benzene rings is 2. The van der Waals surface area contributed by atoms with Crippen molar-refractivity contribution in [2.45, 2.75) is 26.2 Å². The van der Waals surface area contributed by atoms with Crippen molar-refractivity contribution >= 4 is 49.0 Å². The van der Waals surface area contributed by atoms with E-state index in [9.17, 15) is 4.79 Å². The molecule has 3 aromatic rings. The van der Waals surface area contributed by atoms with Gasteiger partial charge < -0.3 is 4.74 Å². The number of hydrogen-bond donors (Lipinski definition) is 0. The van der Waals surface area contributed by atoms with Crippen LogP contribution in [0.2, 0.25) is 0 Å². The van der Waals surface area contributed by atoms with E-state index in [4.69, 9.17) is 11.2 Å². The van der Waals surface area contributed by atoms with Crippen molar-refractivity contribution in [2.75, 3.05) is 6.61 Å². The van der Waals surface area contributed by atoms with E-state index in [0.29, 0.717) is 34.5 Å². The van der Waals surface area contributed by atoms with Gasteiger partial charge in [0.1, 0.15) is 18.2 Å². The van der Waals surface area contributed by atoms with E-state index in [1.54, 1.807) is 18.3 Å². The summed E-state index contributed by atoms with van der Waals surface area (Å²) in [7, 11) is 0. The molecule has 0 aliphatic rings. The first-order valence-electron chi connectivity index (χ1n) is 9.15. The third kappa shape index (κ3) is 5.14. The Morgan fingerprint density at radius 2 is 2.00 bits per heavy atom. The standard InChI is InChI=1S/C22H19Br2N3O2/c1-3-5-6-21-26-19-9-7-17(24)13-18(19)22(28)27(21)25-14-15-12-16(23)8-10-20(15)29-11-4-2/h2,7-10,12-14H,3,5-6,11H2,1H3. The Balaban J connectivity index is 2.11. The molecule has 0 unspecified atom stereocenters. The van der Waals surface area contributed by atoms with Gasteiger partial charge in [0.05, 0.1) is 17.1 Å². The largest absolute Gasteiger partial charge is 0.480 e. The number of halogens is 2. The molecule has 0 N–H and O–H groups in total. The van der Waals surface area contributed by atoms with Gasteiger partial charge in [-0.3, -0.25) is 4.79 Å². The number of nitrogens with zero attached hydrogens (tertiary/aromatic N) is 3. The third-order valence-electron chi connectivity index (χ3n) is 4.22. The van der Waals surface area contributed by atoms with Crippen LogP contribution in [0.25, 0.3) is 10.9 Å². The molecule has 0 fully saturated rings. The van der Waals surface area contributed by atoms with Gasteiger partial charge in [0.2, 0.25) is 0 Å². The van der Waals surface area contributed by atoms with Gasteiger partial charge in [-0.15, -0.1) is 6.42 Å². The molecule has 1 heterocycles. The van der Waals surface area contributed by atoms with Crippen LogP contribution in [0.15, 0.2) is 55.2 Å². The smallest absolute Gasteiger partial charge is 0.282 e. The van der Waals surface area contributed by atoms with Crippen LogP contribution in [0.5, 0.6) is 5.75 Å². The molecule has 0 bridgehead atoms. The average Bonchev–Trinajstić information content (AvgIpc) is 2.71. The van der Waals surface area contributed by atoms with E-state index < -0.39 is 0 Å². The van der Waals surface area contributed by atoms with E-state index in [1.165, 1.54) is 4.68 Å². The highest BCUT2D eigenvalue weighted by Gasteiger charge is 2.11. The Bertz CT molecular complexity index is 1160. The van der Waals surface area contributed by atoms with Crippen molar-refractivity contribution in [1.82, 2.24) is 9.66 Å². The lowest BCUT2D eigenvalue weighted by molar-refractivity contribution is 0.370. The van der Waals surface area contributed by atoms with Crippen molar-refractivity contribution in [3.05, 3.63) is 67.1 Å². The Morgan fingerprint density at radius 1 is 1.24 bits per heavy atom. The lowest BCUT2D eigenvalue weighted by Gasteiger charge is -2.10. The molecule has 148 valence electrons. The SMILES string of the molecule is C#CCOc1ccc(Br)cc1C=Nn1c(CCCC)nc2ccc(Br)cc2c1=O. The highest BCUT2D eigenvalue weighted by atomic mass is 79.9. The fourth-order valence-electron chi connectivity index (χ4n) is 2.80. The number of hydrogen-bond acceptors (Lipinski definition) is 4. The fourth-order valence-corrected chi connectivity index (χ4v) is 3.54. The van der Waals surface area contributed by atoms with E-state index in [2.05, 4.69) is 54.8 Å². The van der Waals surface area contributed by atoms with E-state index in [-0.39, 0.29) is 12.2 Å². The second-order valence-corrected chi connectivity index (χ2v) is 8.16. The van der Waals surface area contributed by atoms with Gasteiger partial charge in [0.15, 0.2) is 0 Å². The molecule has 0 aliphatic carbocycles. The molecule has 2 aromatic carbocycles. The Hall–Kier alpha value is -2.43. The Kier molecular flexibility index (Phi) is 7.24. The van der Waals surface area contributed by atoms with E-state index in [0.717, 1.165) is 21.8 Å². The van der Waals surface area contributed by atoms with Crippen LogP contribution in [-0.2, 0) is 6.42 Å². The maximum Gasteiger partial charge on any atom is 0.282 e. The molecule has 1 aromatic heterocycles. The Labute approximate surface area is 186 Å².